The van der Waals surface area contributed by atoms with Crippen LogP contribution in [0, 0.1) is 11.8 Å². The van der Waals surface area contributed by atoms with Crippen LogP contribution in [0.4, 0.5) is 5.69 Å². The van der Waals surface area contributed by atoms with Gasteiger partial charge in [-0.3, -0.25) is 0 Å². The molecule has 138 valence electrons. The number of hydrogen-bond donors (Lipinski definition) is 0. The van der Waals surface area contributed by atoms with Crippen LogP contribution in [0.15, 0.2) is 78.0 Å². The normalized spacial score (nSPS) is 12.0. The van der Waals surface area contributed by atoms with Crippen molar-refractivity contribution in [1.29, 1.82) is 0 Å². The maximum atomic E-state index is 11.7. The van der Waals surface area contributed by atoms with E-state index in [1.807, 2.05) is 31.2 Å². The highest BCUT2D eigenvalue weighted by Gasteiger charge is 2.31. The smallest absolute Gasteiger partial charge is 0.115 e. The lowest BCUT2D eigenvalue weighted by Crippen LogP contribution is -2.23. The average molecular weight is 357 g/mol. The first-order valence-corrected chi connectivity index (χ1v) is 9.38. The van der Waals surface area contributed by atoms with E-state index in [9.17, 15) is 4.91 Å². The molecule has 0 saturated heterocycles. The number of aryl methyl sites for hydroxylation is 1. The molecule has 2 heteroatoms. The molecule has 0 aliphatic carbocycles. The molecular formula is C25H27NO. The van der Waals surface area contributed by atoms with Gasteiger partial charge in [-0.15, -0.1) is 4.91 Å². The lowest BCUT2D eigenvalue weighted by atomic mass is 9.72. The Labute approximate surface area is 162 Å². The van der Waals surface area contributed by atoms with Gasteiger partial charge in [-0.25, -0.2) is 0 Å². The van der Waals surface area contributed by atoms with Crippen molar-refractivity contribution in [1.82, 2.24) is 0 Å². The molecule has 0 bridgehead atoms. The van der Waals surface area contributed by atoms with Crippen LogP contribution in [0.25, 0.3) is 0 Å². The van der Waals surface area contributed by atoms with Crippen molar-refractivity contribution in [2.45, 2.75) is 45.4 Å². The number of benzene rings is 3. The van der Waals surface area contributed by atoms with Crippen LogP contribution in [-0.4, -0.2) is 0 Å². The molecule has 0 atom stereocenters. The summed E-state index contributed by atoms with van der Waals surface area (Å²) in [5.74, 6) is 0. The van der Waals surface area contributed by atoms with Crippen LogP contribution in [0.2, 0.25) is 0 Å². The van der Waals surface area contributed by atoms with Crippen molar-refractivity contribution in [2.24, 2.45) is 5.18 Å². The summed E-state index contributed by atoms with van der Waals surface area (Å²) >= 11 is 0. The van der Waals surface area contributed by atoms with Gasteiger partial charge in [0.2, 0.25) is 0 Å². The summed E-state index contributed by atoms with van der Waals surface area (Å²) in [6, 6.07) is 25.1. The maximum Gasteiger partial charge on any atom is 0.115 e. The summed E-state index contributed by atoms with van der Waals surface area (Å²) in [5, 5.41) is 3.41. The molecule has 0 heterocycles. The fraction of sp³-hybridized carbons (Fsp3) is 0.280. The predicted molar refractivity (Wildman–Crippen MR) is 114 cm³/mol. The van der Waals surface area contributed by atoms with E-state index in [0.29, 0.717) is 5.69 Å². The van der Waals surface area contributed by atoms with Gasteiger partial charge in [-0.1, -0.05) is 100 Å². The zero-order valence-corrected chi connectivity index (χ0v) is 16.8. The summed E-state index contributed by atoms with van der Waals surface area (Å²) < 4.78 is 0. The quantitative estimate of drug-likeness (QED) is 0.450. The molecule has 0 aromatic heterocycles. The van der Waals surface area contributed by atoms with E-state index in [1.54, 1.807) is 0 Å². The van der Waals surface area contributed by atoms with Gasteiger partial charge in [0.05, 0.1) is 0 Å². The third-order valence-electron chi connectivity index (χ3n) is 5.78. The minimum Gasteiger partial charge on any atom is -0.145 e. The summed E-state index contributed by atoms with van der Waals surface area (Å²) in [5.41, 5.74) is 5.57. The number of nitroso groups, excluding NO2 is 1. The molecule has 27 heavy (non-hydrogen) atoms. The van der Waals surface area contributed by atoms with Crippen molar-refractivity contribution in [3.05, 3.63) is 106 Å². The summed E-state index contributed by atoms with van der Waals surface area (Å²) in [7, 11) is 0. The lowest BCUT2D eigenvalue weighted by molar-refractivity contribution is 0.617. The molecule has 0 aliphatic heterocycles. The fourth-order valence-corrected chi connectivity index (χ4v) is 3.77. The van der Waals surface area contributed by atoms with Crippen LogP contribution in [0.5, 0.6) is 0 Å². The predicted octanol–water partition coefficient (Wildman–Crippen LogP) is 7.04. The van der Waals surface area contributed by atoms with Gasteiger partial charge in [-0.2, -0.15) is 0 Å². The summed E-state index contributed by atoms with van der Waals surface area (Å²) in [6.45, 7) is 10.7. The van der Waals surface area contributed by atoms with Gasteiger partial charge in [-0.05, 0) is 39.9 Å². The Morgan fingerprint density at radius 1 is 0.667 bits per heavy atom. The van der Waals surface area contributed by atoms with Gasteiger partial charge >= 0.3 is 0 Å². The molecule has 2 nitrogen and oxygen atoms in total. The topological polar surface area (TPSA) is 29.4 Å². The molecular weight excluding hydrogens is 330 g/mol. The van der Waals surface area contributed by atoms with Crippen LogP contribution in [-0.2, 0) is 10.8 Å². The van der Waals surface area contributed by atoms with Crippen LogP contribution in [0.3, 0.4) is 0 Å². The van der Waals surface area contributed by atoms with Crippen molar-refractivity contribution in [3.63, 3.8) is 0 Å². The number of nitrogens with zero attached hydrogens (tertiary/aromatic N) is 1. The monoisotopic (exact) mass is 357 g/mol. The molecule has 0 fully saturated rings. The summed E-state index contributed by atoms with van der Waals surface area (Å²) in [6.07, 6.45) is 0. The third-order valence-corrected chi connectivity index (χ3v) is 5.78. The second-order valence-corrected chi connectivity index (χ2v) is 8.26. The zero-order valence-electron chi connectivity index (χ0n) is 16.8. The Balaban J connectivity index is 2.22. The van der Waals surface area contributed by atoms with Gasteiger partial charge < -0.3 is 0 Å². The van der Waals surface area contributed by atoms with Crippen molar-refractivity contribution in [3.8, 4) is 0 Å². The Morgan fingerprint density at radius 2 is 1.15 bits per heavy atom. The Hall–Kier alpha value is -2.74. The second-order valence-electron chi connectivity index (χ2n) is 8.26. The molecule has 0 amide bonds. The highest BCUT2D eigenvalue weighted by atomic mass is 16.3. The minimum absolute atomic E-state index is 0.172. The lowest BCUT2D eigenvalue weighted by Gasteiger charge is -2.32. The molecule has 0 unspecified atom stereocenters. The van der Waals surface area contributed by atoms with Crippen LogP contribution < -0.4 is 0 Å². The van der Waals surface area contributed by atoms with E-state index in [2.05, 4.69) is 81.4 Å². The van der Waals surface area contributed by atoms with E-state index in [-0.39, 0.29) is 10.8 Å². The first kappa shape index (κ1) is 19.0. The molecule has 0 saturated carbocycles. The van der Waals surface area contributed by atoms with Crippen molar-refractivity contribution >= 4 is 5.69 Å². The standard InChI is InChI=1S/C25H27NO/c1-18-16-21(24(2,3)19-12-8-6-9-13-19)17-22(23(18)26-27)25(4,5)20-14-10-7-11-15-20/h6-17H,1-5H3. The number of rotatable bonds is 5. The van der Waals surface area contributed by atoms with Crippen LogP contribution in [0.1, 0.15) is 55.5 Å². The Bertz CT molecular complexity index is 941. The fourth-order valence-electron chi connectivity index (χ4n) is 3.77. The third kappa shape index (κ3) is 3.44. The molecule has 0 N–H and O–H groups in total. The molecule has 0 aliphatic rings. The van der Waals surface area contributed by atoms with Crippen molar-refractivity contribution in [2.75, 3.05) is 0 Å². The van der Waals surface area contributed by atoms with Gasteiger partial charge in [0.15, 0.2) is 0 Å². The highest BCUT2D eigenvalue weighted by Crippen LogP contribution is 2.43. The molecule has 3 rings (SSSR count). The summed E-state index contributed by atoms with van der Waals surface area (Å²) in [4.78, 5) is 11.7. The van der Waals surface area contributed by atoms with E-state index in [1.165, 1.54) is 16.7 Å². The van der Waals surface area contributed by atoms with E-state index >= 15 is 0 Å². The largest absolute Gasteiger partial charge is 0.145 e. The Kier molecular flexibility index (Phi) is 5.01. The first-order valence-electron chi connectivity index (χ1n) is 9.38. The van der Waals surface area contributed by atoms with Crippen LogP contribution >= 0.6 is 0 Å². The minimum atomic E-state index is -0.321. The first-order chi connectivity index (χ1) is 12.8. The highest BCUT2D eigenvalue weighted by molar-refractivity contribution is 5.61. The van der Waals surface area contributed by atoms with E-state index < -0.39 is 0 Å². The molecule has 3 aromatic rings. The zero-order chi connectivity index (χ0) is 19.7. The van der Waals surface area contributed by atoms with Crippen molar-refractivity contribution < 1.29 is 0 Å². The van der Waals surface area contributed by atoms with Gasteiger partial charge in [0, 0.05) is 10.8 Å². The van der Waals surface area contributed by atoms with Gasteiger partial charge in [0.1, 0.15) is 5.69 Å². The molecule has 3 aromatic carbocycles. The van der Waals surface area contributed by atoms with Gasteiger partial charge in [0.25, 0.3) is 0 Å². The Morgan fingerprint density at radius 3 is 1.63 bits per heavy atom. The second kappa shape index (κ2) is 7.11. The number of hydrogen-bond acceptors (Lipinski definition) is 2. The van der Waals surface area contributed by atoms with E-state index in [4.69, 9.17) is 0 Å². The molecule has 0 spiro atoms. The maximum absolute atomic E-state index is 11.7. The SMILES string of the molecule is Cc1cc(C(C)(C)c2ccccc2)cc(C(C)(C)c2ccccc2)c1N=O. The van der Waals surface area contributed by atoms with E-state index in [0.717, 1.165) is 11.1 Å². The average Bonchev–Trinajstić information content (AvgIpc) is 2.68. The molecule has 0 radical (unpaired) electrons.